The van der Waals surface area contributed by atoms with Gasteiger partial charge < -0.3 is 4.74 Å². The predicted octanol–water partition coefficient (Wildman–Crippen LogP) is 3.16. The monoisotopic (exact) mass is 246 g/mol. The lowest BCUT2D eigenvalue weighted by Crippen LogP contribution is -2.24. The van der Waals surface area contributed by atoms with Crippen LogP contribution in [0.4, 0.5) is 0 Å². The number of benzene rings is 1. The first-order chi connectivity index (χ1) is 8.61. The Morgan fingerprint density at radius 2 is 2.00 bits per heavy atom. The van der Waals surface area contributed by atoms with Gasteiger partial charge in [-0.15, -0.1) is 0 Å². The summed E-state index contributed by atoms with van der Waals surface area (Å²) in [5, 5.41) is 0. The molecule has 0 saturated heterocycles. The standard InChI is InChI=1S/C16H22O2/c1-11(2)15(16(17)18-3)10-12-7-8-13-5-4-6-14(13)9-12/h7-9,11,15H,4-6,10H2,1-3H3. The maximum atomic E-state index is 11.8. The van der Waals surface area contributed by atoms with Gasteiger partial charge in [-0.1, -0.05) is 32.0 Å². The van der Waals surface area contributed by atoms with Crippen LogP contribution in [-0.2, 0) is 28.8 Å². The average molecular weight is 246 g/mol. The molecule has 0 radical (unpaired) electrons. The number of carbonyl (C=O) groups is 1. The quantitative estimate of drug-likeness (QED) is 0.763. The van der Waals surface area contributed by atoms with E-state index >= 15 is 0 Å². The summed E-state index contributed by atoms with van der Waals surface area (Å²) in [4.78, 5) is 11.8. The van der Waals surface area contributed by atoms with Crippen LogP contribution < -0.4 is 0 Å². The summed E-state index contributed by atoms with van der Waals surface area (Å²) < 4.78 is 4.90. The highest BCUT2D eigenvalue weighted by Crippen LogP contribution is 2.25. The van der Waals surface area contributed by atoms with Crippen LogP contribution in [0, 0.1) is 11.8 Å². The Balaban J connectivity index is 2.14. The first-order valence-electron chi connectivity index (χ1n) is 6.80. The largest absolute Gasteiger partial charge is 0.469 e. The van der Waals surface area contributed by atoms with Gasteiger partial charge in [0.15, 0.2) is 0 Å². The van der Waals surface area contributed by atoms with Crippen LogP contribution in [0.3, 0.4) is 0 Å². The highest BCUT2D eigenvalue weighted by atomic mass is 16.5. The number of hydrogen-bond acceptors (Lipinski definition) is 2. The van der Waals surface area contributed by atoms with Crippen molar-refractivity contribution in [2.75, 3.05) is 7.11 Å². The van der Waals surface area contributed by atoms with Gasteiger partial charge in [0.1, 0.15) is 0 Å². The van der Waals surface area contributed by atoms with E-state index in [0.29, 0.717) is 5.92 Å². The van der Waals surface area contributed by atoms with E-state index in [1.165, 1.54) is 43.1 Å². The molecule has 1 aliphatic carbocycles. The Labute approximate surface area is 109 Å². The van der Waals surface area contributed by atoms with Gasteiger partial charge in [0, 0.05) is 0 Å². The van der Waals surface area contributed by atoms with Gasteiger partial charge in [-0.2, -0.15) is 0 Å². The van der Waals surface area contributed by atoms with Crippen molar-refractivity contribution in [1.82, 2.24) is 0 Å². The summed E-state index contributed by atoms with van der Waals surface area (Å²) in [6.45, 7) is 4.16. The molecular formula is C16H22O2. The van der Waals surface area contributed by atoms with E-state index in [9.17, 15) is 4.79 Å². The van der Waals surface area contributed by atoms with Gasteiger partial charge in [0.2, 0.25) is 0 Å². The van der Waals surface area contributed by atoms with Crippen LogP contribution in [-0.4, -0.2) is 13.1 Å². The molecule has 1 aromatic carbocycles. The lowest BCUT2D eigenvalue weighted by molar-refractivity contribution is -0.146. The number of carbonyl (C=O) groups excluding carboxylic acids is 1. The van der Waals surface area contributed by atoms with Crippen molar-refractivity contribution in [2.24, 2.45) is 11.8 Å². The maximum absolute atomic E-state index is 11.8. The summed E-state index contributed by atoms with van der Waals surface area (Å²) in [7, 11) is 1.47. The summed E-state index contributed by atoms with van der Waals surface area (Å²) >= 11 is 0. The molecule has 0 bridgehead atoms. The Morgan fingerprint density at radius 1 is 1.28 bits per heavy atom. The molecule has 0 saturated carbocycles. The van der Waals surface area contributed by atoms with Gasteiger partial charge >= 0.3 is 5.97 Å². The highest BCUT2D eigenvalue weighted by molar-refractivity contribution is 5.73. The number of methoxy groups -OCH3 is 1. The van der Waals surface area contributed by atoms with Crippen LogP contribution >= 0.6 is 0 Å². The third-order valence-electron chi connectivity index (χ3n) is 3.93. The summed E-state index contributed by atoms with van der Waals surface area (Å²) in [5.41, 5.74) is 4.22. The molecule has 2 rings (SSSR count). The topological polar surface area (TPSA) is 26.3 Å². The average Bonchev–Trinajstić information content (AvgIpc) is 2.82. The molecule has 2 heteroatoms. The normalized spacial score (nSPS) is 15.6. The zero-order chi connectivity index (χ0) is 13.1. The van der Waals surface area contributed by atoms with Crippen molar-refractivity contribution < 1.29 is 9.53 Å². The summed E-state index contributed by atoms with van der Waals surface area (Å²) in [6, 6.07) is 6.68. The molecule has 0 fully saturated rings. The molecule has 0 spiro atoms. The molecule has 0 aliphatic heterocycles. The number of aryl methyl sites for hydroxylation is 2. The van der Waals surface area contributed by atoms with Crippen molar-refractivity contribution >= 4 is 5.97 Å². The van der Waals surface area contributed by atoms with E-state index in [0.717, 1.165) is 6.42 Å². The minimum atomic E-state index is -0.0921. The minimum absolute atomic E-state index is 0.0329. The fraction of sp³-hybridized carbons (Fsp3) is 0.562. The van der Waals surface area contributed by atoms with Crippen molar-refractivity contribution in [1.29, 1.82) is 0 Å². The van der Waals surface area contributed by atoms with Crippen LogP contribution in [0.2, 0.25) is 0 Å². The van der Waals surface area contributed by atoms with Gasteiger partial charge in [-0.05, 0) is 48.3 Å². The molecule has 0 heterocycles. The molecule has 18 heavy (non-hydrogen) atoms. The molecule has 0 amide bonds. The van der Waals surface area contributed by atoms with E-state index < -0.39 is 0 Å². The lowest BCUT2D eigenvalue weighted by atomic mass is 9.88. The molecule has 0 aromatic heterocycles. The van der Waals surface area contributed by atoms with Gasteiger partial charge in [-0.25, -0.2) is 0 Å². The Bertz CT molecular complexity index is 435. The maximum Gasteiger partial charge on any atom is 0.309 e. The zero-order valence-corrected chi connectivity index (χ0v) is 11.5. The van der Waals surface area contributed by atoms with Gasteiger partial charge in [0.25, 0.3) is 0 Å². The molecule has 0 N–H and O–H groups in total. The van der Waals surface area contributed by atoms with Crippen molar-refractivity contribution in [3.8, 4) is 0 Å². The second-order valence-corrected chi connectivity index (χ2v) is 5.53. The first kappa shape index (κ1) is 13.1. The van der Waals surface area contributed by atoms with Crippen molar-refractivity contribution in [3.63, 3.8) is 0 Å². The molecule has 2 nitrogen and oxygen atoms in total. The van der Waals surface area contributed by atoms with E-state index in [4.69, 9.17) is 4.74 Å². The highest BCUT2D eigenvalue weighted by Gasteiger charge is 2.23. The Hall–Kier alpha value is -1.31. The number of hydrogen-bond donors (Lipinski definition) is 0. The number of esters is 1. The zero-order valence-electron chi connectivity index (χ0n) is 11.5. The lowest BCUT2D eigenvalue weighted by Gasteiger charge is -2.18. The molecule has 1 atom stereocenters. The minimum Gasteiger partial charge on any atom is -0.469 e. The van der Waals surface area contributed by atoms with E-state index in [1.54, 1.807) is 0 Å². The predicted molar refractivity (Wildman–Crippen MR) is 72.5 cm³/mol. The second-order valence-electron chi connectivity index (χ2n) is 5.53. The third kappa shape index (κ3) is 2.74. The van der Waals surface area contributed by atoms with Crippen molar-refractivity contribution in [3.05, 3.63) is 34.9 Å². The first-order valence-corrected chi connectivity index (χ1v) is 6.80. The number of fused-ring (bicyclic) bond motifs is 1. The molecular weight excluding hydrogens is 224 g/mol. The fourth-order valence-corrected chi connectivity index (χ4v) is 2.75. The van der Waals surface area contributed by atoms with Crippen LogP contribution in [0.1, 0.15) is 37.0 Å². The van der Waals surface area contributed by atoms with E-state index in [1.807, 2.05) is 0 Å². The van der Waals surface area contributed by atoms with Crippen LogP contribution in [0.25, 0.3) is 0 Å². The smallest absolute Gasteiger partial charge is 0.309 e. The SMILES string of the molecule is COC(=O)C(Cc1ccc2c(c1)CCC2)C(C)C. The number of rotatable bonds is 4. The summed E-state index contributed by atoms with van der Waals surface area (Å²) in [6.07, 6.45) is 4.45. The Kier molecular flexibility index (Phi) is 4.05. The second kappa shape index (κ2) is 5.55. The van der Waals surface area contributed by atoms with Crippen LogP contribution in [0.5, 0.6) is 0 Å². The third-order valence-corrected chi connectivity index (χ3v) is 3.93. The molecule has 1 aromatic rings. The molecule has 98 valence electrons. The fourth-order valence-electron chi connectivity index (χ4n) is 2.75. The Morgan fingerprint density at radius 3 is 2.67 bits per heavy atom. The van der Waals surface area contributed by atoms with Gasteiger partial charge in [0.05, 0.1) is 13.0 Å². The van der Waals surface area contributed by atoms with Crippen LogP contribution in [0.15, 0.2) is 18.2 Å². The number of ether oxygens (including phenoxy) is 1. The molecule has 1 unspecified atom stereocenters. The van der Waals surface area contributed by atoms with Gasteiger partial charge in [-0.3, -0.25) is 4.79 Å². The van der Waals surface area contributed by atoms with E-state index in [2.05, 4.69) is 32.0 Å². The molecule has 1 aliphatic rings. The van der Waals surface area contributed by atoms with Crippen molar-refractivity contribution in [2.45, 2.75) is 39.5 Å². The van der Waals surface area contributed by atoms with E-state index in [-0.39, 0.29) is 11.9 Å². The summed E-state index contributed by atoms with van der Waals surface area (Å²) in [5.74, 6) is 0.186.